The minimum atomic E-state index is -4.86. The third-order valence-corrected chi connectivity index (χ3v) is 13.1. The fourth-order valence-corrected chi connectivity index (χ4v) is 9.92. The SMILES string of the molecule is CC(C)(C)NC(=O)[C@H]1CC[C@H]2[C@@H]3CC[C@H]4NC(=O)C=C[C@]4(C)[C@H]3CC[C@]12C.CC(C)C(=O)Nc1ccc([N+](=O)[O-])c(C(F)(F)F)c1.Nc1nc2c(ncn2COC(CO)CO)c(=O)[nH]1. The smallest absolute Gasteiger partial charge is 0.394 e. The number of nitrogens with zero attached hydrogens (tertiary/aromatic N) is 4. The third kappa shape index (κ3) is 10.9. The molecular weight excluding hydrogens is 844 g/mol. The summed E-state index contributed by atoms with van der Waals surface area (Å²) < 4.78 is 44.7. The number of halogens is 3. The van der Waals surface area contributed by atoms with E-state index in [1.165, 1.54) is 30.2 Å². The second-order valence-corrected chi connectivity index (χ2v) is 18.9. The Morgan fingerprint density at radius 2 is 1.77 bits per heavy atom. The van der Waals surface area contributed by atoms with E-state index in [2.05, 4.69) is 71.6 Å². The molecule has 0 saturated heterocycles. The van der Waals surface area contributed by atoms with Gasteiger partial charge in [0.2, 0.25) is 23.7 Å². The van der Waals surface area contributed by atoms with Crippen molar-refractivity contribution < 1.29 is 47.4 Å². The van der Waals surface area contributed by atoms with E-state index in [0.717, 1.165) is 31.4 Å². The van der Waals surface area contributed by atoms with Crippen LogP contribution in [0, 0.1) is 50.5 Å². The molecule has 3 saturated carbocycles. The Balaban J connectivity index is 0.000000187. The Labute approximate surface area is 368 Å². The number of hydrogen-bond donors (Lipinski definition) is 7. The lowest BCUT2D eigenvalue weighted by Gasteiger charge is -2.58. The maximum atomic E-state index is 13.0. The molecule has 0 spiro atoms. The number of benzene rings is 1. The number of nitro groups is 1. The molecule has 7 atom stereocenters. The predicted molar refractivity (Wildman–Crippen MR) is 230 cm³/mol. The van der Waals surface area contributed by atoms with Gasteiger partial charge < -0.3 is 36.6 Å². The number of fused-ring (bicyclic) bond motifs is 6. The Morgan fingerprint density at radius 3 is 2.38 bits per heavy atom. The third-order valence-electron chi connectivity index (χ3n) is 13.1. The molecule has 8 N–H and O–H groups in total. The highest BCUT2D eigenvalue weighted by Gasteiger charge is 2.61. The van der Waals surface area contributed by atoms with Crippen molar-refractivity contribution in [3.05, 3.63) is 62.7 Å². The van der Waals surface area contributed by atoms with Gasteiger partial charge in [0.05, 0.1) is 24.5 Å². The summed E-state index contributed by atoms with van der Waals surface area (Å²) in [6, 6.07) is 2.62. The van der Waals surface area contributed by atoms with Gasteiger partial charge >= 0.3 is 6.18 Å². The van der Waals surface area contributed by atoms with Gasteiger partial charge in [0, 0.05) is 40.6 Å². The number of nitro benzene ring substituents is 1. The van der Waals surface area contributed by atoms with Crippen LogP contribution < -0.4 is 27.2 Å². The molecule has 1 aromatic carbocycles. The summed E-state index contributed by atoms with van der Waals surface area (Å²) >= 11 is 0. The number of nitrogens with one attached hydrogen (secondary N) is 4. The fraction of sp³-hybridized carbons (Fsp3) is 0.628. The normalized spacial score (nSPS) is 26.1. The summed E-state index contributed by atoms with van der Waals surface area (Å²) in [6.07, 6.45) is 6.54. The first kappa shape index (κ1) is 49.6. The second-order valence-electron chi connectivity index (χ2n) is 18.9. The van der Waals surface area contributed by atoms with Gasteiger partial charge in [0.15, 0.2) is 11.2 Å². The number of nitrogen functional groups attached to an aromatic ring is 1. The molecular formula is C43H60F3N9O9. The lowest BCUT2D eigenvalue weighted by molar-refractivity contribution is -0.388. The number of aliphatic hydroxyl groups excluding tert-OH is 2. The maximum Gasteiger partial charge on any atom is 0.423 e. The van der Waals surface area contributed by atoms with E-state index in [0.29, 0.717) is 23.8 Å². The van der Waals surface area contributed by atoms with Crippen molar-refractivity contribution in [2.24, 2.45) is 40.4 Å². The summed E-state index contributed by atoms with van der Waals surface area (Å²) in [5, 5.41) is 37.0. The molecule has 7 rings (SSSR count). The van der Waals surface area contributed by atoms with Gasteiger partial charge in [-0.2, -0.15) is 18.2 Å². The van der Waals surface area contributed by atoms with Crippen LogP contribution in [0.25, 0.3) is 11.2 Å². The largest absolute Gasteiger partial charge is 0.423 e. The number of H-pyrrole nitrogens is 1. The average molecular weight is 904 g/mol. The number of aromatic amines is 1. The van der Waals surface area contributed by atoms with Crippen molar-refractivity contribution in [2.45, 2.75) is 118 Å². The van der Waals surface area contributed by atoms with E-state index in [9.17, 15) is 42.5 Å². The topological polar surface area (TPSA) is 270 Å². The van der Waals surface area contributed by atoms with Gasteiger partial charge in [0.1, 0.15) is 18.4 Å². The number of nitrogens with two attached hydrogens (primary N) is 1. The number of hydrogen-bond acceptors (Lipinski definition) is 12. The highest BCUT2D eigenvalue weighted by Crippen LogP contribution is 2.65. The number of alkyl halides is 3. The molecule has 3 heterocycles. The summed E-state index contributed by atoms with van der Waals surface area (Å²) in [6.45, 7) is 13.5. The zero-order valence-electron chi connectivity index (χ0n) is 37.1. The van der Waals surface area contributed by atoms with Crippen LogP contribution in [-0.4, -0.2) is 83.3 Å². The molecule has 18 nitrogen and oxygen atoms in total. The summed E-state index contributed by atoms with van der Waals surface area (Å²) in [5.74, 6) is 1.51. The van der Waals surface area contributed by atoms with Crippen LogP contribution in [0.3, 0.4) is 0 Å². The maximum absolute atomic E-state index is 13.0. The van der Waals surface area contributed by atoms with E-state index in [4.69, 9.17) is 20.7 Å². The zero-order chi connectivity index (χ0) is 47.5. The Bertz CT molecular complexity index is 2290. The molecule has 0 radical (unpaired) electrons. The van der Waals surface area contributed by atoms with Crippen molar-refractivity contribution in [1.29, 1.82) is 0 Å². The van der Waals surface area contributed by atoms with Crippen LogP contribution >= 0.6 is 0 Å². The number of amides is 3. The molecule has 4 aliphatic rings. The van der Waals surface area contributed by atoms with E-state index in [1.807, 2.05) is 0 Å². The first-order valence-electron chi connectivity index (χ1n) is 21.3. The molecule has 0 bridgehead atoms. The molecule has 1 aliphatic heterocycles. The van der Waals surface area contributed by atoms with Crippen LogP contribution in [0.15, 0.2) is 41.5 Å². The van der Waals surface area contributed by atoms with Gasteiger partial charge in [0.25, 0.3) is 11.2 Å². The van der Waals surface area contributed by atoms with Gasteiger partial charge in [-0.3, -0.25) is 38.8 Å². The van der Waals surface area contributed by atoms with Crippen LogP contribution in [0.4, 0.5) is 30.5 Å². The molecule has 2 aromatic heterocycles. The lowest BCUT2D eigenvalue weighted by atomic mass is 9.48. The number of aromatic nitrogens is 4. The van der Waals surface area contributed by atoms with Gasteiger partial charge in [-0.15, -0.1) is 0 Å². The molecule has 64 heavy (non-hydrogen) atoms. The fourth-order valence-electron chi connectivity index (χ4n) is 9.92. The number of anilines is 2. The minimum Gasteiger partial charge on any atom is -0.394 e. The molecule has 3 amide bonds. The zero-order valence-corrected chi connectivity index (χ0v) is 37.1. The highest BCUT2D eigenvalue weighted by molar-refractivity contribution is 5.92. The van der Waals surface area contributed by atoms with E-state index < -0.39 is 45.8 Å². The van der Waals surface area contributed by atoms with Crippen LogP contribution in [0.5, 0.6) is 0 Å². The van der Waals surface area contributed by atoms with Crippen LogP contribution in [-0.2, 0) is 32.0 Å². The van der Waals surface area contributed by atoms with Crippen molar-refractivity contribution in [1.82, 2.24) is 30.2 Å². The molecule has 3 aromatic rings. The first-order chi connectivity index (χ1) is 29.8. The van der Waals surface area contributed by atoms with Gasteiger partial charge in [-0.1, -0.05) is 33.8 Å². The monoisotopic (exact) mass is 903 g/mol. The molecule has 3 aliphatic carbocycles. The van der Waals surface area contributed by atoms with Gasteiger partial charge in [-0.25, -0.2) is 4.98 Å². The van der Waals surface area contributed by atoms with E-state index in [1.54, 1.807) is 19.9 Å². The predicted octanol–water partition coefficient (Wildman–Crippen LogP) is 5.05. The molecule has 21 heteroatoms. The average Bonchev–Trinajstić information content (AvgIpc) is 3.78. The van der Waals surface area contributed by atoms with Crippen molar-refractivity contribution >= 4 is 46.2 Å². The molecule has 3 fully saturated rings. The summed E-state index contributed by atoms with van der Waals surface area (Å²) in [7, 11) is 0. The lowest BCUT2D eigenvalue weighted by Crippen LogP contribution is -2.59. The number of aliphatic hydroxyl groups is 2. The summed E-state index contributed by atoms with van der Waals surface area (Å²) in [4.78, 5) is 67.3. The molecule has 352 valence electrons. The van der Waals surface area contributed by atoms with Crippen molar-refractivity contribution in [3.63, 3.8) is 0 Å². The van der Waals surface area contributed by atoms with Gasteiger partial charge in [-0.05, 0) is 101 Å². The second kappa shape index (κ2) is 19.4. The summed E-state index contributed by atoms with van der Waals surface area (Å²) in [5.41, 5.74) is 2.90. The first-order valence-corrected chi connectivity index (χ1v) is 21.3. The van der Waals surface area contributed by atoms with Crippen molar-refractivity contribution in [2.75, 3.05) is 24.3 Å². The Morgan fingerprint density at radius 1 is 1.08 bits per heavy atom. The number of imidazole rings is 1. The quantitative estimate of drug-likeness (QED) is 0.110. The Hall–Kier alpha value is -5.41. The van der Waals surface area contributed by atoms with E-state index >= 15 is 0 Å². The van der Waals surface area contributed by atoms with Crippen molar-refractivity contribution in [3.8, 4) is 0 Å². The highest BCUT2D eigenvalue weighted by atomic mass is 19.4. The number of carbonyl (C=O) groups is 3. The minimum absolute atomic E-state index is 0.00181. The van der Waals surface area contributed by atoms with E-state index in [-0.39, 0.29) is 82.9 Å². The molecule has 0 unspecified atom stereocenters. The number of ether oxygens (including phenoxy) is 1. The van der Waals surface area contributed by atoms with Crippen LogP contribution in [0.1, 0.15) is 92.6 Å². The standard InChI is InChI=1S/C23H36N2O2.C11H11F3N2O3.C9H13N5O4/c1-21(2,3)25-20(27)17-8-7-15-14-6-9-18-23(5,13-11-19(26)24-18)16(14)10-12-22(15,17)4;1-6(2)10(17)15-7-3-4-9(16(18)19)8(5-7)11(12,13)14;10-9-12-7-6(8(17)13-9)11-3-14(7)4-18-5(1-15)2-16/h11,13-18H,6-10,12H2,1-5H3,(H,24,26)(H,25,27);3-6H,1-2H3,(H,15,17);3,5,15-16H,1-2,4H2,(H3,10,12,13,17)/t14-,15-,16-,17+,18+,22-,23+;;/m0../s1. The Kier molecular flexibility index (Phi) is 15.0. The van der Waals surface area contributed by atoms with Crippen LogP contribution in [0.2, 0.25) is 0 Å². The number of rotatable bonds is 9. The number of carbonyl (C=O) groups excluding carboxylic acids is 3.